The maximum atomic E-state index is 12.9. The topological polar surface area (TPSA) is 49.4 Å². The van der Waals surface area contributed by atoms with Crippen molar-refractivity contribution in [3.8, 4) is 5.75 Å². The largest absolute Gasteiger partial charge is 0.633 e. The summed E-state index contributed by atoms with van der Waals surface area (Å²) in [6, 6.07) is 5.65. The predicted molar refractivity (Wildman–Crippen MR) is 74.4 cm³/mol. The number of hydroxylamine groups is 3. The standard InChI is InChI=1S/C16H19NO3/c1-10-4-2-6-12-14(10)16(18)15-11-5-3-8-17(11,19)9-7-13(15)20-12/h2,4,6,11,13,15H,3,5,7-9H2,1H3/t11-,13+,15+,17-/m0/s1. The molecule has 20 heavy (non-hydrogen) atoms. The van der Waals surface area contributed by atoms with E-state index in [1.807, 2.05) is 25.1 Å². The zero-order valence-corrected chi connectivity index (χ0v) is 11.7. The third-order valence-electron chi connectivity index (χ3n) is 5.31. The minimum atomic E-state index is -0.239. The zero-order chi connectivity index (χ0) is 13.9. The summed E-state index contributed by atoms with van der Waals surface area (Å²) in [5.74, 6) is 0.608. The Bertz CT molecular complexity index is 585. The van der Waals surface area contributed by atoms with Gasteiger partial charge in [-0.15, -0.1) is 0 Å². The molecule has 0 bridgehead atoms. The lowest BCUT2D eigenvalue weighted by Crippen LogP contribution is -2.62. The number of carbonyl (C=O) groups excluding carboxylic acids is 1. The maximum absolute atomic E-state index is 12.9. The van der Waals surface area contributed by atoms with Gasteiger partial charge in [0.1, 0.15) is 23.8 Å². The van der Waals surface area contributed by atoms with E-state index in [1.54, 1.807) is 0 Å². The van der Waals surface area contributed by atoms with Crippen LogP contribution in [-0.4, -0.2) is 35.7 Å². The molecule has 3 aliphatic heterocycles. The third-order valence-corrected chi connectivity index (χ3v) is 5.31. The lowest BCUT2D eigenvalue weighted by Gasteiger charge is -2.53. The van der Waals surface area contributed by atoms with Crippen molar-refractivity contribution in [2.75, 3.05) is 13.1 Å². The SMILES string of the molecule is Cc1cccc2c1C(=O)[C@H]1[C@@H](CC[N@@+]3([O-])CCC[C@@H]13)O2. The molecule has 2 saturated heterocycles. The monoisotopic (exact) mass is 273 g/mol. The van der Waals surface area contributed by atoms with Crippen molar-refractivity contribution in [3.63, 3.8) is 0 Å². The van der Waals surface area contributed by atoms with Crippen molar-refractivity contribution in [2.45, 2.75) is 38.3 Å². The van der Waals surface area contributed by atoms with Crippen LogP contribution in [0.2, 0.25) is 0 Å². The van der Waals surface area contributed by atoms with Crippen molar-refractivity contribution >= 4 is 5.78 Å². The van der Waals surface area contributed by atoms with Gasteiger partial charge in [-0.1, -0.05) is 12.1 Å². The normalized spacial score (nSPS) is 38.7. The van der Waals surface area contributed by atoms with Gasteiger partial charge in [0, 0.05) is 19.3 Å². The Morgan fingerprint density at radius 1 is 1.30 bits per heavy atom. The first kappa shape index (κ1) is 12.4. The van der Waals surface area contributed by atoms with E-state index < -0.39 is 0 Å². The molecule has 3 heterocycles. The van der Waals surface area contributed by atoms with Crippen LogP contribution in [0.3, 0.4) is 0 Å². The number of Topliss-reactive ketones (excluding diaryl/α,β-unsaturated/α-hetero) is 1. The highest BCUT2D eigenvalue weighted by Crippen LogP contribution is 2.44. The lowest BCUT2D eigenvalue weighted by molar-refractivity contribution is -0.901. The molecule has 3 aliphatic rings. The average molecular weight is 273 g/mol. The Labute approximate surface area is 118 Å². The highest BCUT2D eigenvalue weighted by molar-refractivity contribution is 6.03. The van der Waals surface area contributed by atoms with Crippen LogP contribution in [0, 0.1) is 18.0 Å². The summed E-state index contributed by atoms with van der Waals surface area (Å²) in [6.45, 7) is 3.21. The van der Waals surface area contributed by atoms with Gasteiger partial charge in [-0.2, -0.15) is 0 Å². The Balaban J connectivity index is 1.80. The van der Waals surface area contributed by atoms with Gasteiger partial charge in [0.2, 0.25) is 0 Å². The number of quaternary nitrogens is 1. The molecule has 4 rings (SSSR count). The molecule has 0 aromatic heterocycles. The quantitative estimate of drug-likeness (QED) is 0.539. The number of hydrogen-bond acceptors (Lipinski definition) is 3. The number of hydrogen-bond donors (Lipinski definition) is 0. The summed E-state index contributed by atoms with van der Waals surface area (Å²) in [4.78, 5) is 12.9. The zero-order valence-electron chi connectivity index (χ0n) is 11.7. The van der Waals surface area contributed by atoms with E-state index in [4.69, 9.17) is 4.74 Å². The molecule has 1 aromatic rings. The first-order valence-corrected chi connectivity index (χ1v) is 7.48. The fourth-order valence-corrected chi connectivity index (χ4v) is 4.35. The van der Waals surface area contributed by atoms with Crippen molar-refractivity contribution in [3.05, 3.63) is 34.5 Å². The van der Waals surface area contributed by atoms with Crippen molar-refractivity contribution in [1.82, 2.24) is 0 Å². The molecule has 0 saturated carbocycles. The van der Waals surface area contributed by atoms with Crippen LogP contribution in [0.4, 0.5) is 0 Å². The van der Waals surface area contributed by atoms with E-state index in [2.05, 4.69) is 0 Å². The number of aryl methyl sites for hydroxylation is 1. The molecule has 106 valence electrons. The fraction of sp³-hybridized carbons (Fsp3) is 0.562. The summed E-state index contributed by atoms with van der Waals surface area (Å²) >= 11 is 0. The molecule has 4 nitrogen and oxygen atoms in total. The number of nitrogens with zero attached hydrogens (tertiary/aromatic N) is 1. The molecule has 0 aliphatic carbocycles. The van der Waals surface area contributed by atoms with Crippen LogP contribution in [0.1, 0.15) is 35.2 Å². The van der Waals surface area contributed by atoms with E-state index in [9.17, 15) is 10.0 Å². The molecule has 0 N–H and O–H groups in total. The van der Waals surface area contributed by atoms with Crippen LogP contribution >= 0.6 is 0 Å². The van der Waals surface area contributed by atoms with Crippen molar-refractivity contribution in [2.24, 2.45) is 5.92 Å². The van der Waals surface area contributed by atoms with Crippen LogP contribution < -0.4 is 4.74 Å². The minimum absolute atomic E-state index is 0.0889. The summed E-state index contributed by atoms with van der Waals surface area (Å²) in [5.41, 5.74) is 1.66. The molecule has 0 amide bonds. The smallest absolute Gasteiger partial charge is 0.179 e. The predicted octanol–water partition coefficient (Wildman–Crippen LogP) is 2.44. The average Bonchev–Trinajstić information content (AvgIpc) is 2.80. The Hall–Kier alpha value is -1.39. The summed E-state index contributed by atoms with van der Waals surface area (Å²) < 4.78 is 5.90. The van der Waals surface area contributed by atoms with Crippen LogP contribution in [0.25, 0.3) is 0 Å². The lowest BCUT2D eigenvalue weighted by atomic mass is 9.78. The van der Waals surface area contributed by atoms with Gasteiger partial charge in [-0.3, -0.25) is 4.79 Å². The fourth-order valence-electron chi connectivity index (χ4n) is 4.35. The minimum Gasteiger partial charge on any atom is -0.633 e. The van der Waals surface area contributed by atoms with Gasteiger partial charge in [-0.05, 0) is 18.6 Å². The summed E-state index contributed by atoms with van der Waals surface area (Å²) in [5, 5.41) is 12.8. The number of ketones is 1. The molecule has 4 atom stereocenters. The molecular formula is C16H19NO3. The number of carbonyl (C=O) groups is 1. The van der Waals surface area contributed by atoms with E-state index in [-0.39, 0.29) is 28.5 Å². The highest BCUT2D eigenvalue weighted by Gasteiger charge is 2.54. The van der Waals surface area contributed by atoms with E-state index in [1.165, 1.54) is 0 Å². The number of rotatable bonds is 0. The number of piperidine rings is 1. The van der Waals surface area contributed by atoms with Gasteiger partial charge in [-0.25, -0.2) is 0 Å². The molecule has 2 fully saturated rings. The van der Waals surface area contributed by atoms with Crippen molar-refractivity contribution < 1.29 is 14.2 Å². The van der Waals surface area contributed by atoms with Crippen molar-refractivity contribution in [1.29, 1.82) is 0 Å². The molecule has 4 heteroatoms. The summed E-state index contributed by atoms with van der Waals surface area (Å²) in [6.07, 6.45) is 2.40. The van der Waals surface area contributed by atoms with Crippen LogP contribution in [0.15, 0.2) is 18.2 Å². The highest BCUT2D eigenvalue weighted by atomic mass is 16.6. The van der Waals surface area contributed by atoms with Crippen LogP contribution in [0.5, 0.6) is 5.75 Å². The first-order valence-electron chi connectivity index (χ1n) is 7.48. The second-order valence-electron chi connectivity index (χ2n) is 6.39. The molecule has 1 aromatic carbocycles. The number of fused-ring (bicyclic) bond motifs is 4. The maximum Gasteiger partial charge on any atom is 0.179 e. The summed E-state index contributed by atoms with van der Waals surface area (Å²) in [7, 11) is 0. The molecule has 0 radical (unpaired) electrons. The van der Waals surface area contributed by atoms with E-state index in [0.717, 1.165) is 18.4 Å². The van der Waals surface area contributed by atoms with E-state index in [0.29, 0.717) is 30.8 Å². The van der Waals surface area contributed by atoms with Crippen LogP contribution in [-0.2, 0) is 0 Å². The molecular weight excluding hydrogens is 254 g/mol. The molecule has 0 unspecified atom stereocenters. The third kappa shape index (κ3) is 1.52. The first-order chi connectivity index (χ1) is 9.60. The Kier molecular flexibility index (Phi) is 2.51. The van der Waals surface area contributed by atoms with Gasteiger partial charge in [0.15, 0.2) is 5.78 Å². The van der Waals surface area contributed by atoms with Gasteiger partial charge < -0.3 is 14.6 Å². The second-order valence-corrected chi connectivity index (χ2v) is 6.39. The Morgan fingerprint density at radius 2 is 2.15 bits per heavy atom. The van der Waals surface area contributed by atoms with Gasteiger partial charge in [0.05, 0.1) is 18.7 Å². The Morgan fingerprint density at radius 3 is 3.00 bits per heavy atom. The number of ether oxygens (including phenoxy) is 1. The van der Waals surface area contributed by atoms with E-state index >= 15 is 0 Å². The van der Waals surface area contributed by atoms with Gasteiger partial charge in [0.25, 0.3) is 0 Å². The molecule has 0 spiro atoms. The van der Waals surface area contributed by atoms with Gasteiger partial charge >= 0.3 is 0 Å². The second kappa shape index (κ2) is 4.06. The number of benzene rings is 1.